The maximum absolute atomic E-state index is 14.0. The fourth-order valence-corrected chi connectivity index (χ4v) is 3.88. The molecule has 0 saturated carbocycles. The molecule has 0 aliphatic carbocycles. The molecule has 8 heteroatoms. The Morgan fingerprint density at radius 1 is 1.18 bits per heavy atom. The summed E-state index contributed by atoms with van der Waals surface area (Å²) in [5, 5.41) is 2.87. The Labute approximate surface area is 165 Å². The van der Waals surface area contributed by atoms with Crippen LogP contribution in [0.5, 0.6) is 5.75 Å². The van der Waals surface area contributed by atoms with Crippen LogP contribution in [0.3, 0.4) is 0 Å². The quantitative estimate of drug-likeness (QED) is 0.691. The van der Waals surface area contributed by atoms with Gasteiger partial charge in [0.25, 0.3) is 0 Å². The number of ether oxygens (including phenoxy) is 1. The van der Waals surface area contributed by atoms with Gasteiger partial charge in [-0.15, -0.1) is 0 Å². The maximum Gasteiger partial charge on any atom is 0.232 e. The van der Waals surface area contributed by atoms with Crippen molar-refractivity contribution in [3.8, 4) is 5.75 Å². The number of hydrogen-bond donors (Lipinski definition) is 1. The SMILES string of the molecule is COc1ccccc1C(C)NC(=O)CCCN(c1ccccc1F)S(C)(=O)=O. The molecule has 1 unspecified atom stereocenters. The molecular weight excluding hydrogens is 383 g/mol. The van der Waals surface area contributed by atoms with E-state index in [1.54, 1.807) is 13.2 Å². The summed E-state index contributed by atoms with van der Waals surface area (Å²) < 4.78 is 44.3. The average molecular weight is 408 g/mol. The number of rotatable bonds is 9. The van der Waals surface area contributed by atoms with Crippen LogP contribution < -0.4 is 14.4 Å². The van der Waals surface area contributed by atoms with Gasteiger partial charge in [-0.25, -0.2) is 12.8 Å². The number of methoxy groups -OCH3 is 1. The van der Waals surface area contributed by atoms with Crippen LogP contribution in [0, 0.1) is 5.82 Å². The number of benzene rings is 2. The Kier molecular flexibility index (Phi) is 7.39. The first-order chi connectivity index (χ1) is 13.2. The van der Waals surface area contributed by atoms with Gasteiger partial charge in [0.15, 0.2) is 0 Å². The van der Waals surface area contributed by atoms with Crippen LogP contribution in [-0.2, 0) is 14.8 Å². The molecule has 0 aliphatic rings. The smallest absolute Gasteiger partial charge is 0.232 e. The van der Waals surface area contributed by atoms with Crippen molar-refractivity contribution < 1.29 is 22.3 Å². The molecule has 1 amide bonds. The van der Waals surface area contributed by atoms with Crippen LogP contribution in [0.1, 0.15) is 31.4 Å². The van der Waals surface area contributed by atoms with Gasteiger partial charge >= 0.3 is 0 Å². The second-order valence-electron chi connectivity index (χ2n) is 6.42. The third-order valence-electron chi connectivity index (χ3n) is 4.27. The van der Waals surface area contributed by atoms with Crippen LogP contribution in [0.2, 0.25) is 0 Å². The van der Waals surface area contributed by atoms with Gasteiger partial charge in [0, 0.05) is 18.5 Å². The van der Waals surface area contributed by atoms with Crippen molar-refractivity contribution in [1.29, 1.82) is 0 Å². The molecule has 0 spiro atoms. The summed E-state index contributed by atoms with van der Waals surface area (Å²) in [6.45, 7) is 1.86. The van der Waals surface area contributed by atoms with Gasteiger partial charge in [-0.3, -0.25) is 9.10 Å². The number of amides is 1. The van der Waals surface area contributed by atoms with Gasteiger partial charge < -0.3 is 10.1 Å². The van der Waals surface area contributed by atoms with Gasteiger partial charge in [0.2, 0.25) is 15.9 Å². The second-order valence-corrected chi connectivity index (χ2v) is 8.33. The molecule has 0 saturated heterocycles. The standard InChI is InChI=1S/C20H25FN2O4S/c1-15(16-9-4-7-12-19(16)27-2)22-20(24)13-8-14-23(28(3,25)26)18-11-6-5-10-17(18)21/h4-7,9-12,15H,8,13-14H2,1-3H3,(H,22,24). The van der Waals surface area contributed by atoms with E-state index in [1.165, 1.54) is 18.2 Å². The van der Waals surface area contributed by atoms with Crippen molar-refractivity contribution in [3.63, 3.8) is 0 Å². The number of para-hydroxylation sites is 2. The number of halogens is 1. The Hall–Kier alpha value is -2.61. The molecule has 0 radical (unpaired) electrons. The molecule has 0 aliphatic heterocycles. The summed E-state index contributed by atoms with van der Waals surface area (Å²) >= 11 is 0. The summed E-state index contributed by atoms with van der Waals surface area (Å²) in [5.74, 6) is -0.166. The number of carbonyl (C=O) groups excluding carboxylic acids is 1. The van der Waals surface area contributed by atoms with Crippen molar-refractivity contribution in [2.45, 2.75) is 25.8 Å². The summed E-state index contributed by atoms with van der Waals surface area (Å²) in [4.78, 5) is 12.3. The van der Waals surface area contributed by atoms with Crippen LogP contribution in [-0.4, -0.2) is 34.2 Å². The van der Waals surface area contributed by atoms with E-state index in [0.717, 1.165) is 16.1 Å². The van der Waals surface area contributed by atoms with E-state index < -0.39 is 15.8 Å². The van der Waals surface area contributed by atoms with E-state index >= 15 is 0 Å². The number of nitrogens with one attached hydrogen (secondary N) is 1. The lowest BCUT2D eigenvalue weighted by Gasteiger charge is -2.23. The predicted octanol–water partition coefficient (Wildman–Crippen LogP) is 3.26. The van der Waals surface area contributed by atoms with Gasteiger partial charge in [-0.05, 0) is 31.5 Å². The van der Waals surface area contributed by atoms with Crippen molar-refractivity contribution in [2.75, 3.05) is 24.2 Å². The molecule has 0 fully saturated rings. The molecule has 152 valence electrons. The molecule has 2 rings (SSSR count). The van der Waals surface area contributed by atoms with Crippen molar-refractivity contribution in [1.82, 2.24) is 5.32 Å². The normalized spacial score (nSPS) is 12.3. The van der Waals surface area contributed by atoms with Gasteiger partial charge in [-0.2, -0.15) is 0 Å². The highest BCUT2D eigenvalue weighted by molar-refractivity contribution is 7.92. The third-order valence-corrected chi connectivity index (χ3v) is 5.45. The van der Waals surface area contributed by atoms with Crippen LogP contribution in [0.4, 0.5) is 10.1 Å². The van der Waals surface area contributed by atoms with Crippen molar-refractivity contribution in [3.05, 3.63) is 59.9 Å². The van der Waals surface area contributed by atoms with Gasteiger partial charge in [0.1, 0.15) is 11.6 Å². The molecule has 0 bridgehead atoms. The van der Waals surface area contributed by atoms with E-state index in [1.807, 2.05) is 31.2 Å². The van der Waals surface area contributed by atoms with Crippen molar-refractivity contribution >= 4 is 21.6 Å². The Morgan fingerprint density at radius 3 is 2.46 bits per heavy atom. The molecule has 2 aromatic carbocycles. The molecule has 0 heterocycles. The van der Waals surface area contributed by atoms with Crippen LogP contribution in [0.25, 0.3) is 0 Å². The van der Waals surface area contributed by atoms with Gasteiger partial charge in [-0.1, -0.05) is 30.3 Å². The van der Waals surface area contributed by atoms with Crippen LogP contribution in [0.15, 0.2) is 48.5 Å². The van der Waals surface area contributed by atoms with E-state index in [-0.39, 0.29) is 37.0 Å². The second kappa shape index (κ2) is 9.54. The lowest BCUT2D eigenvalue weighted by atomic mass is 10.1. The van der Waals surface area contributed by atoms with E-state index in [0.29, 0.717) is 5.75 Å². The zero-order valence-corrected chi connectivity index (χ0v) is 17.0. The number of sulfonamides is 1. The minimum atomic E-state index is -3.67. The van der Waals surface area contributed by atoms with E-state index in [9.17, 15) is 17.6 Å². The van der Waals surface area contributed by atoms with E-state index in [4.69, 9.17) is 4.74 Å². The molecule has 6 nitrogen and oxygen atoms in total. The Balaban J connectivity index is 1.97. The average Bonchev–Trinajstić information content (AvgIpc) is 2.65. The fraction of sp³-hybridized carbons (Fsp3) is 0.350. The number of anilines is 1. The zero-order chi connectivity index (χ0) is 20.7. The lowest BCUT2D eigenvalue weighted by Crippen LogP contribution is -2.33. The molecular formula is C20H25FN2O4S. The minimum absolute atomic E-state index is 0.0101. The lowest BCUT2D eigenvalue weighted by molar-refractivity contribution is -0.121. The predicted molar refractivity (Wildman–Crippen MR) is 107 cm³/mol. The number of hydrogen-bond acceptors (Lipinski definition) is 4. The highest BCUT2D eigenvalue weighted by Gasteiger charge is 2.21. The maximum atomic E-state index is 14.0. The third kappa shape index (κ3) is 5.69. The summed E-state index contributed by atoms with van der Waals surface area (Å²) in [6.07, 6.45) is 1.38. The molecule has 1 N–H and O–H groups in total. The fourth-order valence-electron chi connectivity index (χ4n) is 2.92. The van der Waals surface area contributed by atoms with Gasteiger partial charge in [0.05, 0.1) is 25.1 Å². The summed E-state index contributed by atoms with van der Waals surface area (Å²) in [5.41, 5.74) is 0.829. The van der Waals surface area contributed by atoms with E-state index in [2.05, 4.69) is 5.32 Å². The summed E-state index contributed by atoms with van der Waals surface area (Å²) in [6, 6.07) is 12.8. The van der Waals surface area contributed by atoms with Crippen molar-refractivity contribution in [2.24, 2.45) is 0 Å². The minimum Gasteiger partial charge on any atom is -0.496 e. The molecule has 2 aromatic rings. The number of nitrogens with zero attached hydrogens (tertiary/aromatic N) is 1. The monoisotopic (exact) mass is 408 g/mol. The Bertz CT molecular complexity index is 918. The first-order valence-electron chi connectivity index (χ1n) is 8.88. The largest absolute Gasteiger partial charge is 0.496 e. The van der Waals surface area contributed by atoms with Crippen LogP contribution >= 0.6 is 0 Å². The zero-order valence-electron chi connectivity index (χ0n) is 16.2. The topological polar surface area (TPSA) is 75.7 Å². The molecule has 28 heavy (non-hydrogen) atoms. The highest BCUT2D eigenvalue weighted by Crippen LogP contribution is 2.25. The molecule has 1 atom stereocenters. The highest BCUT2D eigenvalue weighted by atomic mass is 32.2. The number of carbonyl (C=O) groups is 1. The summed E-state index contributed by atoms with van der Waals surface area (Å²) in [7, 11) is -2.10. The first kappa shape index (κ1) is 21.7. The first-order valence-corrected chi connectivity index (χ1v) is 10.7. The Morgan fingerprint density at radius 2 is 1.82 bits per heavy atom. The molecule has 0 aromatic heterocycles.